The van der Waals surface area contributed by atoms with Gasteiger partial charge in [-0.3, -0.25) is 4.79 Å². The van der Waals surface area contributed by atoms with Crippen LogP contribution >= 0.6 is 0 Å². The molecule has 230 valence electrons. The first-order chi connectivity index (χ1) is 19.8. The van der Waals surface area contributed by atoms with Crippen molar-refractivity contribution >= 4 is 11.8 Å². The molecule has 2 heterocycles. The first-order valence-corrected chi connectivity index (χ1v) is 17.1. The van der Waals surface area contributed by atoms with Crippen LogP contribution in [0, 0.1) is 51.2 Å². The van der Waals surface area contributed by atoms with E-state index in [0.717, 1.165) is 64.7 Å². The van der Waals surface area contributed by atoms with Gasteiger partial charge in [-0.2, -0.15) is 0 Å². The Kier molecular flexibility index (Phi) is 6.36. The molecular formula is C36H54N4O2. The summed E-state index contributed by atoms with van der Waals surface area (Å²) >= 11 is 0. The first kappa shape index (κ1) is 28.8. The number of fused-ring (bicyclic) bond motifs is 8. The highest BCUT2D eigenvalue weighted by Gasteiger charge is 2.69. The van der Waals surface area contributed by atoms with Crippen LogP contribution in [0.2, 0.25) is 0 Å². The minimum absolute atomic E-state index is 0.0152. The number of hydrogen-bond acceptors (Lipinski definition) is 5. The van der Waals surface area contributed by atoms with Gasteiger partial charge in [-0.25, -0.2) is 9.97 Å². The lowest BCUT2D eigenvalue weighted by Crippen LogP contribution is -2.65. The standard InChI is InChI=1S/C36H54N4O2/c1-22-10-13-36(31(41)42)15-14-34(6)25(28(36)23(22)2)8-9-27-33(5)20-24-29(32(3,4)26(33)11-12-35(27,34)7)38-21-39-30(24)40-18-16-37-17-19-40/h8,21-23,26-28,37H,9-20H2,1-7H3,(H,41,42)/t22-,23+,26+,27-,28+,33+,34-,35-,36+/m1/s1. The SMILES string of the molecule is C[C@H]1[C@H](C)CC[C@]2(C(=O)O)CC[C@]3(C)C(=CC[C@@H]4[C@@]5(C)Cc6c(N7CCNCC7)ncnc6C(C)(C)[C@@H]5CC[C@]43C)[C@H]12. The summed E-state index contributed by atoms with van der Waals surface area (Å²) in [5.41, 5.74) is 3.93. The van der Waals surface area contributed by atoms with E-state index >= 15 is 0 Å². The third-order valence-electron chi connectivity index (χ3n) is 15.1. The topological polar surface area (TPSA) is 78.4 Å². The van der Waals surface area contributed by atoms with Crippen molar-refractivity contribution < 1.29 is 9.90 Å². The maximum absolute atomic E-state index is 13.0. The highest BCUT2D eigenvalue weighted by atomic mass is 16.4. The zero-order valence-electron chi connectivity index (χ0n) is 27.2. The molecule has 0 amide bonds. The van der Waals surface area contributed by atoms with Crippen LogP contribution in [0.1, 0.15) is 105 Å². The molecular weight excluding hydrogens is 520 g/mol. The molecule has 1 aromatic heterocycles. The molecule has 1 aromatic rings. The van der Waals surface area contributed by atoms with E-state index in [1.807, 2.05) is 6.33 Å². The number of allylic oxidation sites excluding steroid dienone is 2. The second-order valence-electron chi connectivity index (χ2n) is 16.8. The summed E-state index contributed by atoms with van der Waals surface area (Å²) in [6, 6.07) is 0. The van der Waals surface area contributed by atoms with Gasteiger partial charge in [0, 0.05) is 37.2 Å². The van der Waals surface area contributed by atoms with Gasteiger partial charge in [-0.1, -0.05) is 60.1 Å². The third-order valence-corrected chi connectivity index (χ3v) is 15.1. The smallest absolute Gasteiger partial charge is 0.310 e. The number of piperazine rings is 1. The highest BCUT2D eigenvalue weighted by Crippen LogP contribution is 2.75. The van der Waals surface area contributed by atoms with Crippen LogP contribution in [0.15, 0.2) is 18.0 Å². The van der Waals surface area contributed by atoms with Crippen LogP contribution in [-0.4, -0.2) is 47.2 Å². The van der Waals surface area contributed by atoms with Gasteiger partial charge in [0.2, 0.25) is 0 Å². The van der Waals surface area contributed by atoms with Crippen LogP contribution < -0.4 is 10.2 Å². The van der Waals surface area contributed by atoms with Gasteiger partial charge in [-0.05, 0) is 97.2 Å². The van der Waals surface area contributed by atoms with Crippen LogP contribution in [0.4, 0.5) is 5.82 Å². The van der Waals surface area contributed by atoms with E-state index in [1.165, 1.54) is 35.5 Å². The highest BCUT2D eigenvalue weighted by molar-refractivity contribution is 5.76. The van der Waals surface area contributed by atoms with E-state index in [1.54, 1.807) is 0 Å². The number of hydrogen-bond donors (Lipinski definition) is 2. The Bertz CT molecular complexity index is 1320. The van der Waals surface area contributed by atoms with Crippen molar-refractivity contribution in [2.45, 2.75) is 105 Å². The molecule has 0 radical (unpaired) electrons. The molecule has 0 unspecified atom stereocenters. The molecule has 1 saturated heterocycles. The summed E-state index contributed by atoms with van der Waals surface area (Å²) < 4.78 is 0. The second-order valence-corrected chi connectivity index (χ2v) is 16.8. The van der Waals surface area contributed by atoms with Crippen molar-refractivity contribution in [2.24, 2.45) is 51.2 Å². The fourth-order valence-electron chi connectivity index (χ4n) is 12.5. The van der Waals surface area contributed by atoms with Crippen molar-refractivity contribution in [3.63, 3.8) is 0 Å². The predicted octanol–water partition coefficient (Wildman–Crippen LogP) is 6.64. The molecule has 6 heteroatoms. The van der Waals surface area contributed by atoms with Crippen molar-refractivity contribution in [1.29, 1.82) is 0 Å². The van der Waals surface area contributed by atoms with Crippen LogP contribution in [0.25, 0.3) is 0 Å². The van der Waals surface area contributed by atoms with Crippen LogP contribution in [0.5, 0.6) is 0 Å². The van der Waals surface area contributed by atoms with Gasteiger partial charge in [0.15, 0.2) is 0 Å². The molecule has 0 spiro atoms. The molecule has 7 rings (SSSR count). The van der Waals surface area contributed by atoms with Gasteiger partial charge in [-0.15, -0.1) is 0 Å². The average Bonchev–Trinajstić information content (AvgIpc) is 2.95. The number of carboxylic acids is 1. The normalized spacial score (nSPS) is 45.8. The van der Waals surface area contributed by atoms with E-state index in [4.69, 9.17) is 9.97 Å². The molecule has 5 aliphatic carbocycles. The van der Waals surface area contributed by atoms with Gasteiger partial charge in [0.1, 0.15) is 12.1 Å². The van der Waals surface area contributed by atoms with Crippen LogP contribution in [-0.2, 0) is 16.6 Å². The molecule has 42 heavy (non-hydrogen) atoms. The summed E-state index contributed by atoms with van der Waals surface area (Å²) in [6.45, 7) is 21.5. The van der Waals surface area contributed by atoms with Crippen LogP contribution in [0.3, 0.4) is 0 Å². The summed E-state index contributed by atoms with van der Waals surface area (Å²) in [5, 5.41) is 14.2. The summed E-state index contributed by atoms with van der Waals surface area (Å²) in [4.78, 5) is 25.5. The maximum Gasteiger partial charge on any atom is 0.310 e. The number of aliphatic carboxylic acids is 1. The number of carboxylic acid groups (broad SMARTS) is 1. The predicted molar refractivity (Wildman–Crippen MR) is 167 cm³/mol. The molecule has 1 aliphatic heterocycles. The number of nitrogens with zero attached hydrogens (tertiary/aromatic N) is 3. The van der Waals surface area contributed by atoms with E-state index < -0.39 is 11.4 Å². The second kappa shape index (κ2) is 9.28. The van der Waals surface area contributed by atoms with Crippen molar-refractivity contribution in [1.82, 2.24) is 15.3 Å². The number of carbonyl (C=O) groups is 1. The van der Waals surface area contributed by atoms with E-state index in [2.05, 4.69) is 64.8 Å². The Morgan fingerprint density at radius 3 is 2.43 bits per heavy atom. The minimum Gasteiger partial charge on any atom is -0.481 e. The average molecular weight is 575 g/mol. The van der Waals surface area contributed by atoms with Gasteiger partial charge >= 0.3 is 5.97 Å². The Morgan fingerprint density at radius 1 is 0.976 bits per heavy atom. The number of anilines is 1. The summed E-state index contributed by atoms with van der Waals surface area (Å²) in [7, 11) is 0. The maximum atomic E-state index is 13.0. The molecule has 3 saturated carbocycles. The Morgan fingerprint density at radius 2 is 1.71 bits per heavy atom. The van der Waals surface area contributed by atoms with Crippen molar-refractivity contribution in [3.8, 4) is 0 Å². The largest absolute Gasteiger partial charge is 0.481 e. The Hall–Kier alpha value is -1.95. The zero-order valence-corrected chi connectivity index (χ0v) is 27.2. The Labute approximate surface area is 253 Å². The lowest BCUT2D eigenvalue weighted by Gasteiger charge is -2.70. The van der Waals surface area contributed by atoms with Gasteiger partial charge in [0.05, 0.1) is 11.1 Å². The van der Waals surface area contributed by atoms with E-state index in [-0.39, 0.29) is 27.6 Å². The number of nitrogens with one attached hydrogen (secondary N) is 1. The molecule has 0 bridgehead atoms. The fraction of sp³-hybridized carbons (Fsp3) is 0.806. The quantitative estimate of drug-likeness (QED) is 0.386. The zero-order chi connectivity index (χ0) is 29.9. The van der Waals surface area contributed by atoms with E-state index in [0.29, 0.717) is 23.7 Å². The number of rotatable bonds is 2. The molecule has 6 aliphatic rings. The van der Waals surface area contributed by atoms with Gasteiger partial charge < -0.3 is 15.3 Å². The lowest BCUT2D eigenvalue weighted by atomic mass is 9.33. The van der Waals surface area contributed by atoms with Crippen molar-refractivity contribution in [3.05, 3.63) is 29.2 Å². The molecule has 0 aromatic carbocycles. The molecule has 4 fully saturated rings. The first-order valence-electron chi connectivity index (χ1n) is 17.1. The summed E-state index contributed by atoms with van der Waals surface area (Å²) in [6.07, 6.45) is 12.7. The van der Waals surface area contributed by atoms with Crippen molar-refractivity contribution in [2.75, 3.05) is 31.1 Å². The summed E-state index contributed by atoms with van der Waals surface area (Å²) in [5.74, 6) is 2.90. The lowest BCUT2D eigenvalue weighted by molar-refractivity contribution is -0.179. The Balaban J connectivity index is 1.34. The monoisotopic (exact) mass is 574 g/mol. The molecule has 9 atom stereocenters. The van der Waals surface area contributed by atoms with Gasteiger partial charge in [0.25, 0.3) is 0 Å². The molecule has 6 nitrogen and oxygen atoms in total. The minimum atomic E-state index is -0.580. The fourth-order valence-corrected chi connectivity index (χ4v) is 12.5. The molecule has 2 N–H and O–H groups in total. The number of aromatic nitrogens is 2. The third kappa shape index (κ3) is 3.51. The van der Waals surface area contributed by atoms with E-state index in [9.17, 15) is 9.90 Å².